The van der Waals surface area contributed by atoms with Crippen molar-refractivity contribution >= 4 is 11.8 Å². The van der Waals surface area contributed by atoms with Crippen LogP contribution in [0.1, 0.15) is 0 Å². The van der Waals surface area contributed by atoms with Crippen LogP contribution in [0.2, 0.25) is 0 Å². The predicted molar refractivity (Wildman–Crippen MR) is 42.1 cm³/mol. The van der Waals surface area contributed by atoms with E-state index < -0.39 is 36.7 Å². The highest BCUT2D eigenvalue weighted by atomic mass is 16.5. The molecule has 0 aliphatic rings. The second-order valence-corrected chi connectivity index (χ2v) is 2.54. The van der Waals surface area contributed by atoms with Crippen LogP contribution in [0.15, 0.2) is 0 Å². The Morgan fingerprint density at radius 3 is 2.14 bits per heavy atom. The van der Waals surface area contributed by atoms with Crippen LogP contribution in [0.25, 0.3) is 0 Å². The summed E-state index contributed by atoms with van der Waals surface area (Å²) in [6, 6.07) is 0. The van der Waals surface area contributed by atoms with Crippen molar-refractivity contribution in [1.29, 1.82) is 0 Å². The molecule has 7 heteroatoms. The van der Waals surface area contributed by atoms with E-state index in [0.717, 1.165) is 7.11 Å². The molecular formula is C7H12O7. The van der Waals surface area contributed by atoms with Crippen molar-refractivity contribution in [3.63, 3.8) is 0 Å². The molecule has 0 amide bonds. The summed E-state index contributed by atoms with van der Waals surface area (Å²) in [4.78, 5) is 21.4. The number of Topliss-reactive ketones (excluding diaryl/α,β-unsaturated/α-hetero) is 1. The Kier molecular flexibility index (Phi) is 5.24. The van der Waals surface area contributed by atoms with Crippen LogP contribution in [-0.4, -0.2) is 64.2 Å². The second-order valence-electron chi connectivity index (χ2n) is 2.54. The largest absolute Gasteiger partial charge is 0.463 e. The number of methoxy groups -OCH3 is 1. The Bertz CT molecular complexity index is 214. The van der Waals surface area contributed by atoms with Gasteiger partial charge in [-0.05, 0) is 0 Å². The summed E-state index contributed by atoms with van der Waals surface area (Å²) in [5.41, 5.74) is 0. The Hall–Kier alpha value is -1.02. The lowest BCUT2D eigenvalue weighted by molar-refractivity contribution is -0.161. The van der Waals surface area contributed by atoms with Gasteiger partial charge >= 0.3 is 5.97 Å². The number of rotatable bonds is 5. The van der Waals surface area contributed by atoms with E-state index >= 15 is 0 Å². The number of aliphatic hydroxyl groups is 4. The number of ketones is 1. The summed E-state index contributed by atoms with van der Waals surface area (Å²) in [5.74, 6) is -2.71. The third-order valence-corrected chi connectivity index (χ3v) is 1.56. The number of ether oxygens (including phenoxy) is 1. The zero-order valence-corrected chi connectivity index (χ0v) is 7.45. The molecule has 0 aromatic heterocycles. The Labute approximate surface area is 79.5 Å². The van der Waals surface area contributed by atoms with E-state index in [9.17, 15) is 9.59 Å². The zero-order chi connectivity index (χ0) is 11.3. The Morgan fingerprint density at radius 2 is 1.79 bits per heavy atom. The Balaban J connectivity index is 4.38. The van der Waals surface area contributed by atoms with Gasteiger partial charge in [0.05, 0.1) is 13.7 Å². The molecule has 0 bridgehead atoms. The molecule has 0 saturated carbocycles. The van der Waals surface area contributed by atoms with Crippen LogP contribution >= 0.6 is 0 Å². The lowest BCUT2D eigenvalue weighted by atomic mass is 10.1. The van der Waals surface area contributed by atoms with Crippen molar-refractivity contribution in [1.82, 2.24) is 0 Å². The minimum atomic E-state index is -2.11. The molecule has 0 aromatic rings. The molecule has 0 radical (unpaired) electrons. The van der Waals surface area contributed by atoms with Crippen molar-refractivity contribution in [2.75, 3.05) is 13.7 Å². The van der Waals surface area contributed by atoms with Gasteiger partial charge in [-0.3, -0.25) is 4.79 Å². The van der Waals surface area contributed by atoms with Gasteiger partial charge < -0.3 is 25.2 Å². The average Bonchev–Trinajstić information content (AvgIpc) is 2.23. The molecule has 0 spiro atoms. The quantitative estimate of drug-likeness (QED) is 0.277. The first-order valence-electron chi connectivity index (χ1n) is 3.73. The second kappa shape index (κ2) is 5.66. The maximum atomic E-state index is 10.9. The maximum Gasteiger partial charge on any atom is 0.377 e. The van der Waals surface area contributed by atoms with E-state index in [-0.39, 0.29) is 0 Å². The number of aliphatic hydroxyl groups excluding tert-OH is 4. The maximum absolute atomic E-state index is 10.9. The normalized spacial score (nSPS) is 16.9. The molecular weight excluding hydrogens is 196 g/mol. The highest BCUT2D eigenvalue weighted by molar-refractivity contribution is 6.35. The van der Waals surface area contributed by atoms with E-state index in [2.05, 4.69) is 4.74 Å². The molecule has 0 aliphatic carbocycles. The average molecular weight is 208 g/mol. The molecule has 0 rings (SSSR count). The zero-order valence-electron chi connectivity index (χ0n) is 7.45. The first-order valence-corrected chi connectivity index (χ1v) is 3.73. The topological polar surface area (TPSA) is 124 Å². The van der Waals surface area contributed by atoms with E-state index in [1.807, 2.05) is 0 Å². The molecule has 0 fully saturated rings. The lowest BCUT2D eigenvalue weighted by Crippen LogP contribution is -2.46. The molecule has 3 atom stereocenters. The molecule has 14 heavy (non-hydrogen) atoms. The van der Waals surface area contributed by atoms with Gasteiger partial charge in [-0.25, -0.2) is 4.79 Å². The summed E-state index contributed by atoms with van der Waals surface area (Å²) in [6.07, 6.45) is -5.73. The van der Waals surface area contributed by atoms with E-state index in [4.69, 9.17) is 20.4 Å². The summed E-state index contributed by atoms with van der Waals surface area (Å²) in [5, 5.41) is 35.2. The molecule has 0 aliphatic heterocycles. The van der Waals surface area contributed by atoms with Crippen molar-refractivity contribution in [3.05, 3.63) is 0 Å². The fourth-order valence-electron chi connectivity index (χ4n) is 0.695. The van der Waals surface area contributed by atoms with Gasteiger partial charge in [-0.1, -0.05) is 0 Å². The van der Waals surface area contributed by atoms with E-state index in [1.165, 1.54) is 0 Å². The van der Waals surface area contributed by atoms with Crippen LogP contribution in [0.3, 0.4) is 0 Å². The SMILES string of the molecule is COC(=O)C(=O)[C@H](O)[C@H](O)[C@@H](O)CO. The molecule has 0 unspecified atom stereocenters. The molecule has 82 valence electrons. The molecule has 0 saturated heterocycles. The summed E-state index contributed by atoms with van der Waals surface area (Å²) in [6.45, 7) is -0.841. The number of carbonyl (C=O) groups excluding carboxylic acids is 2. The standard InChI is InChI=1S/C7H12O7/c1-14-7(13)6(12)5(11)4(10)3(9)2-8/h3-5,8-11H,2H2,1H3/t3-,4+,5+/m0/s1. The van der Waals surface area contributed by atoms with Crippen LogP contribution in [0, 0.1) is 0 Å². The highest BCUT2D eigenvalue weighted by Crippen LogP contribution is 2.02. The first kappa shape index (κ1) is 13.0. The van der Waals surface area contributed by atoms with E-state index in [0.29, 0.717) is 0 Å². The van der Waals surface area contributed by atoms with Crippen molar-refractivity contribution in [2.24, 2.45) is 0 Å². The molecule has 0 heterocycles. The summed E-state index contributed by atoms with van der Waals surface area (Å²) >= 11 is 0. The van der Waals surface area contributed by atoms with Gasteiger partial charge in [-0.2, -0.15) is 0 Å². The molecule has 7 nitrogen and oxygen atoms in total. The summed E-state index contributed by atoms with van der Waals surface area (Å²) in [7, 11) is 0.932. The number of hydrogen-bond acceptors (Lipinski definition) is 7. The van der Waals surface area contributed by atoms with E-state index in [1.54, 1.807) is 0 Å². The number of esters is 1. The van der Waals surface area contributed by atoms with Crippen molar-refractivity contribution in [2.45, 2.75) is 18.3 Å². The van der Waals surface area contributed by atoms with Gasteiger partial charge in [-0.15, -0.1) is 0 Å². The monoisotopic (exact) mass is 208 g/mol. The third-order valence-electron chi connectivity index (χ3n) is 1.56. The van der Waals surface area contributed by atoms with Crippen LogP contribution < -0.4 is 0 Å². The van der Waals surface area contributed by atoms with Gasteiger partial charge in [0, 0.05) is 0 Å². The minimum Gasteiger partial charge on any atom is -0.463 e. The number of carbonyl (C=O) groups is 2. The van der Waals surface area contributed by atoms with Crippen molar-refractivity contribution < 1.29 is 34.8 Å². The van der Waals surface area contributed by atoms with Gasteiger partial charge in [0.25, 0.3) is 5.78 Å². The molecule has 0 aromatic carbocycles. The third kappa shape index (κ3) is 3.04. The molecule has 4 N–H and O–H groups in total. The van der Waals surface area contributed by atoms with Crippen molar-refractivity contribution in [3.8, 4) is 0 Å². The minimum absolute atomic E-state index is 0.841. The van der Waals surface area contributed by atoms with Gasteiger partial charge in [0.2, 0.25) is 0 Å². The first-order chi connectivity index (χ1) is 6.45. The Morgan fingerprint density at radius 1 is 1.29 bits per heavy atom. The van der Waals surface area contributed by atoms with Gasteiger partial charge in [0.15, 0.2) is 6.10 Å². The van der Waals surface area contributed by atoms with Crippen LogP contribution in [0.4, 0.5) is 0 Å². The van der Waals surface area contributed by atoms with Gasteiger partial charge in [0.1, 0.15) is 12.2 Å². The fourth-order valence-corrected chi connectivity index (χ4v) is 0.695. The number of hydrogen-bond donors (Lipinski definition) is 4. The summed E-state index contributed by atoms with van der Waals surface area (Å²) < 4.78 is 3.99. The highest BCUT2D eigenvalue weighted by Gasteiger charge is 2.34. The smallest absolute Gasteiger partial charge is 0.377 e. The van der Waals surface area contributed by atoms with Crippen LogP contribution in [-0.2, 0) is 14.3 Å². The lowest BCUT2D eigenvalue weighted by Gasteiger charge is -2.19. The van der Waals surface area contributed by atoms with Crippen LogP contribution in [0.5, 0.6) is 0 Å². The fraction of sp³-hybridized carbons (Fsp3) is 0.714. The predicted octanol–water partition coefficient (Wildman–Crippen LogP) is -3.20.